The van der Waals surface area contributed by atoms with Gasteiger partial charge in [0.05, 0.1) is 5.56 Å². The number of nitrogens with zero attached hydrogens (tertiary/aromatic N) is 1. The third-order valence-corrected chi connectivity index (χ3v) is 3.87. The van der Waals surface area contributed by atoms with Crippen LogP contribution in [0.5, 0.6) is 5.88 Å². The first-order chi connectivity index (χ1) is 10.9. The highest BCUT2D eigenvalue weighted by molar-refractivity contribution is 5.76. The lowest BCUT2D eigenvalue weighted by Crippen LogP contribution is -2.39. The first kappa shape index (κ1) is 17.6. The van der Waals surface area contributed by atoms with Crippen LogP contribution in [0.1, 0.15) is 51.0 Å². The molecule has 4 nitrogen and oxygen atoms in total. The number of carbonyl (C=O) groups excluding carboxylic acids is 1. The second-order valence-electron chi connectivity index (χ2n) is 5.79. The summed E-state index contributed by atoms with van der Waals surface area (Å²) in [5.74, 6) is 0.276. The molecular weight excluding hydrogens is 309 g/mol. The molecule has 1 aliphatic rings. The van der Waals surface area contributed by atoms with Crippen molar-refractivity contribution < 1.29 is 22.7 Å². The van der Waals surface area contributed by atoms with Gasteiger partial charge in [-0.25, -0.2) is 4.98 Å². The minimum absolute atomic E-state index is 0.0706. The van der Waals surface area contributed by atoms with E-state index in [0.29, 0.717) is 6.42 Å². The van der Waals surface area contributed by atoms with E-state index in [1.165, 1.54) is 6.07 Å². The van der Waals surface area contributed by atoms with Crippen LogP contribution in [-0.4, -0.2) is 23.0 Å². The van der Waals surface area contributed by atoms with Crippen molar-refractivity contribution in [1.29, 1.82) is 0 Å². The second-order valence-corrected chi connectivity index (χ2v) is 5.79. The molecule has 1 aromatic rings. The lowest BCUT2D eigenvalue weighted by Gasteiger charge is -2.29. The summed E-state index contributed by atoms with van der Waals surface area (Å²) < 4.78 is 43.0. The number of halogens is 3. The highest BCUT2D eigenvalue weighted by Crippen LogP contribution is 2.30. The molecule has 1 N–H and O–H groups in total. The molecule has 23 heavy (non-hydrogen) atoms. The molecule has 0 atom stereocenters. The van der Waals surface area contributed by atoms with Crippen LogP contribution in [-0.2, 0) is 11.0 Å². The number of alkyl halides is 3. The van der Waals surface area contributed by atoms with Crippen molar-refractivity contribution in [1.82, 2.24) is 10.3 Å². The molecule has 0 aromatic carbocycles. The molecule has 0 bridgehead atoms. The van der Waals surface area contributed by atoms with Crippen molar-refractivity contribution in [2.75, 3.05) is 0 Å². The Balaban J connectivity index is 1.79. The molecule has 128 valence electrons. The Morgan fingerprint density at radius 1 is 1.30 bits per heavy atom. The fourth-order valence-corrected chi connectivity index (χ4v) is 2.64. The molecule has 0 radical (unpaired) electrons. The van der Waals surface area contributed by atoms with Gasteiger partial charge < -0.3 is 10.1 Å². The van der Waals surface area contributed by atoms with Crippen LogP contribution in [0, 0.1) is 0 Å². The molecule has 2 rings (SSSR count). The van der Waals surface area contributed by atoms with E-state index in [0.717, 1.165) is 44.4 Å². The predicted molar refractivity (Wildman–Crippen MR) is 79.0 cm³/mol. The Labute approximate surface area is 133 Å². The van der Waals surface area contributed by atoms with Crippen molar-refractivity contribution in [3.05, 3.63) is 23.9 Å². The largest absolute Gasteiger partial charge is 0.474 e. The van der Waals surface area contributed by atoms with Gasteiger partial charge in [-0.05, 0) is 38.2 Å². The number of amides is 1. The van der Waals surface area contributed by atoms with Crippen LogP contribution in [0.2, 0.25) is 0 Å². The number of carbonyl (C=O) groups is 1. The van der Waals surface area contributed by atoms with Gasteiger partial charge >= 0.3 is 6.18 Å². The molecular formula is C16H21F3N2O2. The van der Waals surface area contributed by atoms with Gasteiger partial charge in [0.1, 0.15) is 6.10 Å². The molecule has 1 aromatic heterocycles. The Hall–Kier alpha value is -1.79. The van der Waals surface area contributed by atoms with E-state index in [4.69, 9.17) is 4.74 Å². The van der Waals surface area contributed by atoms with Gasteiger partial charge in [0.25, 0.3) is 0 Å². The number of pyridine rings is 1. The van der Waals surface area contributed by atoms with E-state index in [2.05, 4.69) is 10.3 Å². The standard InChI is InChI=1S/C16H21F3N2O2/c1-2-3-14(22)21-12-5-7-13(8-6-12)23-15-9-4-11(10-20-15)16(17,18)19/h4,9-10,12-13H,2-3,5-8H2,1H3,(H,21,22). The fourth-order valence-electron chi connectivity index (χ4n) is 2.64. The maximum absolute atomic E-state index is 12.5. The molecule has 1 saturated carbocycles. The van der Waals surface area contributed by atoms with Gasteiger partial charge in [-0.15, -0.1) is 0 Å². The van der Waals surface area contributed by atoms with Crippen LogP contribution < -0.4 is 10.1 Å². The average Bonchev–Trinajstić information content (AvgIpc) is 2.49. The van der Waals surface area contributed by atoms with Crippen LogP contribution in [0.4, 0.5) is 13.2 Å². The van der Waals surface area contributed by atoms with Crippen molar-refractivity contribution >= 4 is 5.91 Å². The summed E-state index contributed by atoms with van der Waals surface area (Å²) in [4.78, 5) is 15.3. The third-order valence-electron chi connectivity index (χ3n) is 3.87. The summed E-state index contributed by atoms with van der Waals surface area (Å²) in [6.45, 7) is 1.96. The molecule has 0 unspecified atom stereocenters. The lowest BCUT2D eigenvalue weighted by atomic mass is 9.93. The first-order valence-corrected chi connectivity index (χ1v) is 7.87. The van der Waals surface area contributed by atoms with Crippen molar-refractivity contribution in [2.45, 2.75) is 63.8 Å². The van der Waals surface area contributed by atoms with E-state index in [9.17, 15) is 18.0 Å². The number of hydrogen-bond acceptors (Lipinski definition) is 3. The maximum Gasteiger partial charge on any atom is 0.417 e. The molecule has 0 spiro atoms. The minimum atomic E-state index is -4.39. The fraction of sp³-hybridized carbons (Fsp3) is 0.625. The average molecular weight is 330 g/mol. The Kier molecular flexibility index (Phi) is 5.85. The van der Waals surface area contributed by atoms with Crippen LogP contribution in [0.25, 0.3) is 0 Å². The number of hydrogen-bond donors (Lipinski definition) is 1. The zero-order chi connectivity index (χ0) is 16.9. The van der Waals surface area contributed by atoms with Crippen molar-refractivity contribution in [3.8, 4) is 5.88 Å². The molecule has 1 fully saturated rings. The Morgan fingerprint density at radius 2 is 2.00 bits per heavy atom. The van der Waals surface area contributed by atoms with Gasteiger partial charge in [-0.2, -0.15) is 13.2 Å². The van der Waals surface area contributed by atoms with Crippen molar-refractivity contribution in [3.63, 3.8) is 0 Å². The number of nitrogens with one attached hydrogen (secondary N) is 1. The summed E-state index contributed by atoms with van der Waals surface area (Å²) in [5.41, 5.74) is -0.785. The van der Waals surface area contributed by atoms with E-state index in [1.807, 2.05) is 6.92 Å². The summed E-state index contributed by atoms with van der Waals surface area (Å²) >= 11 is 0. The zero-order valence-corrected chi connectivity index (χ0v) is 13.0. The van der Waals surface area contributed by atoms with E-state index >= 15 is 0 Å². The second kappa shape index (κ2) is 7.66. The topological polar surface area (TPSA) is 51.2 Å². The summed E-state index contributed by atoms with van der Waals surface area (Å²) in [6, 6.07) is 2.38. The summed E-state index contributed by atoms with van der Waals surface area (Å²) in [6.07, 6.45) is 0.793. The number of rotatable bonds is 5. The molecule has 0 saturated heterocycles. The van der Waals surface area contributed by atoms with Crippen molar-refractivity contribution in [2.24, 2.45) is 0 Å². The highest BCUT2D eigenvalue weighted by Gasteiger charge is 2.31. The first-order valence-electron chi connectivity index (χ1n) is 7.87. The van der Waals surface area contributed by atoms with Crippen LogP contribution >= 0.6 is 0 Å². The number of ether oxygens (including phenoxy) is 1. The smallest absolute Gasteiger partial charge is 0.417 e. The normalized spacial score (nSPS) is 21.7. The Bertz CT molecular complexity index is 509. The molecule has 1 heterocycles. The monoisotopic (exact) mass is 330 g/mol. The molecule has 1 aliphatic carbocycles. The molecule has 0 aliphatic heterocycles. The van der Waals surface area contributed by atoms with E-state index < -0.39 is 11.7 Å². The zero-order valence-electron chi connectivity index (χ0n) is 13.0. The maximum atomic E-state index is 12.5. The van der Waals surface area contributed by atoms with Gasteiger partial charge in [-0.3, -0.25) is 4.79 Å². The molecule has 1 amide bonds. The van der Waals surface area contributed by atoms with Crippen LogP contribution in [0.15, 0.2) is 18.3 Å². The van der Waals surface area contributed by atoms with Gasteiger partial charge in [0.15, 0.2) is 0 Å². The lowest BCUT2D eigenvalue weighted by molar-refractivity contribution is -0.137. The van der Waals surface area contributed by atoms with E-state index in [1.54, 1.807) is 0 Å². The molecule has 7 heteroatoms. The van der Waals surface area contributed by atoms with Gasteiger partial charge in [0, 0.05) is 24.7 Å². The minimum Gasteiger partial charge on any atom is -0.474 e. The summed E-state index contributed by atoms with van der Waals surface area (Å²) in [7, 11) is 0. The van der Waals surface area contributed by atoms with E-state index in [-0.39, 0.29) is 23.9 Å². The highest BCUT2D eigenvalue weighted by atomic mass is 19.4. The predicted octanol–water partition coefficient (Wildman–Crippen LogP) is 3.71. The quantitative estimate of drug-likeness (QED) is 0.895. The summed E-state index contributed by atoms with van der Waals surface area (Å²) in [5, 5.41) is 2.99. The van der Waals surface area contributed by atoms with Gasteiger partial charge in [0.2, 0.25) is 11.8 Å². The SMILES string of the molecule is CCCC(=O)NC1CCC(Oc2ccc(C(F)(F)F)cn2)CC1. The third kappa shape index (κ3) is 5.41. The van der Waals surface area contributed by atoms with Gasteiger partial charge in [-0.1, -0.05) is 6.92 Å². The Morgan fingerprint density at radius 3 is 2.52 bits per heavy atom. The number of aromatic nitrogens is 1. The van der Waals surface area contributed by atoms with Crippen LogP contribution in [0.3, 0.4) is 0 Å².